The number of benzene rings is 1. The molecule has 2 saturated heterocycles. The van der Waals surface area contributed by atoms with Gasteiger partial charge >= 0.3 is 0 Å². The molecule has 2 fully saturated rings. The number of hydrogen-bond acceptors (Lipinski definition) is 6. The molecule has 2 aliphatic heterocycles. The molecular weight excluding hydrogens is 352 g/mol. The minimum atomic E-state index is -0.480. The normalized spacial score (nSPS) is 19.5. The van der Waals surface area contributed by atoms with Gasteiger partial charge in [0.05, 0.1) is 23.4 Å². The fourth-order valence-electron chi connectivity index (χ4n) is 3.54. The van der Waals surface area contributed by atoms with Crippen molar-refractivity contribution in [3.8, 4) is 10.8 Å². The third-order valence-electron chi connectivity index (χ3n) is 4.95. The number of furan rings is 1. The van der Waals surface area contributed by atoms with Crippen molar-refractivity contribution in [1.82, 2.24) is 9.88 Å². The van der Waals surface area contributed by atoms with E-state index in [9.17, 15) is 4.79 Å². The van der Waals surface area contributed by atoms with Gasteiger partial charge in [-0.05, 0) is 24.3 Å². The number of carbonyl (C=O) groups is 1. The molecule has 5 rings (SSSR count). The molecule has 0 atom stereocenters. The zero-order chi connectivity index (χ0) is 17.6. The number of piperidine rings is 1. The molecule has 0 N–H and O–H groups in total. The van der Waals surface area contributed by atoms with Crippen molar-refractivity contribution in [1.29, 1.82) is 0 Å². The van der Waals surface area contributed by atoms with Crippen LogP contribution >= 0.6 is 11.3 Å². The maximum Gasteiger partial charge on any atom is 0.289 e. The monoisotopic (exact) mass is 370 g/mol. The Kier molecular flexibility index (Phi) is 3.81. The summed E-state index contributed by atoms with van der Waals surface area (Å²) in [5.74, 6) is 0.408. The van der Waals surface area contributed by atoms with Crippen LogP contribution in [0.2, 0.25) is 0 Å². The van der Waals surface area contributed by atoms with Crippen molar-refractivity contribution in [2.24, 2.45) is 0 Å². The summed E-state index contributed by atoms with van der Waals surface area (Å²) >= 11 is 1.56. The third kappa shape index (κ3) is 2.72. The lowest BCUT2D eigenvalue weighted by molar-refractivity contribution is -0.181. The highest BCUT2D eigenvalue weighted by Crippen LogP contribution is 2.33. The van der Waals surface area contributed by atoms with Gasteiger partial charge in [0.1, 0.15) is 0 Å². The molecule has 6 nitrogen and oxygen atoms in total. The Hall–Kier alpha value is -2.22. The molecule has 0 radical (unpaired) electrons. The number of aromatic nitrogens is 1. The molecule has 7 heteroatoms. The van der Waals surface area contributed by atoms with Crippen molar-refractivity contribution >= 4 is 27.5 Å². The molecule has 134 valence electrons. The summed E-state index contributed by atoms with van der Waals surface area (Å²) < 4.78 is 18.4. The number of ether oxygens (including phenoxy) is 2. The van der Waals surface area contributed by atoms with Gasteiger partial charge in [0, 0.05) is 25.9 Å². The molecule has 0 saturated carbocycles. The zero-order valence-corrected chi connectivity index (χ0v) is 15.0. The van der Waals surface area contributed by atoms with E-state index in [1.807, 2.05) is 30.3 Å². The van der Waals surface area contributed by atoms with Crippen LogP contribution in [0, 0.1) is 0 Å². The second-order valence-electron chi connectivity index (χ2n) is 6.55. The predicted molar refractivity (Wildman–Crippen MR) is 97.1 cm³/mol. The molecule has 3 aromatic rings. The van der Waals surface area contributed by atoms with Crippen molar-refractivity contribution in [2.45, 2.75) is 18.6 Å². The van der Waals surface area contributed by atoms with E-state index in [0.717, 1.165) is 15.2 Å². The summed E-state index contributed by atoms with van der Waals surface area (Å²) in [6.45, 7) is 2.49. The number of nitrogens with zero attached hydrogens (tertiary/aromatic N) is 2. The molecular formula is C19H18N2O4S. The quantitative estimate of drug-likeness (QED) is 0.690. The highest BCUT2D eigenvalue weighted by molar-refractivity contribution is 7.21. The van der Waals surface area contributed by atoms with Crippen molar-refractivity contribution in [3.63, 3.8) is 0 Å². The summed E-state index contributed by atoms with van der Waals surface area (Å²) in [4.78, 5) is 19.1. The predicted octanol–water partition coefficient (Wildman–Crippen LogP) is 3.54. The summed E-state index contributed by atoms with van der Waals surface area (Å²) in [7, 11) is 0. The first-order chi connectivity index (χ1) is 12.7. The number of carbonyl (C=O) groups excluding carboxylic acids is 1. The molecule has 0 bridgehead atoms. The number of para-hydroxylation sites is 1. The fourth-order valence-corrected chi connectivity index (χ4v) is 4.46. The second kappa shape index (κ2) is 6.19. The number of fused-ring (bicyclic) bond motifs is 1. The van der Waals surface area contributed by atoms with E-state index in [4.69, 9.17) is 13.9 Å². The fraction of sp³-hybridized carbons (Fsp3) is 0.368. The molecule has 1 amide bonds. The molecule has 0 unspecified atom stereocenters. The average molecular weight is 370 g/mol. The molecule has 1 spiro atoms. The minimum absolute atomic E-state index is 0.0924. The molecule has 1 aromatic carbocycles. The molecule has 0 aliphatic carbocycles. The first kappa shape index (κ1) is 16.0. The lowest BCUT2D eigenvalue weighted by Gasteiger charge is -2.37. The summed E-state index contributed by atoms with van der Waals surface area (Å²) in [5.41, 5.74) is 0.940. The van der Waals surface area contributed by atoms with Gasteiger partial charge in [0.15, 0.2) is 22.3 Å². The standard InChI is InChI=1S/C19H18N2O4S/c22-18(21-9-7-19(8-10-21)23-11-12-24-19)15-6-5-14(25-15)17-20-13-3-1-2-4-16(13)26-17/h1-6H,7-12H2. The van der Waals surface area contributed by atoms with Gasteiger partial charge in [-0.1, -0.05) is 12.1 Å². The van der Waals surface area contributed by atoms with Crippen molar-refractivity contribution < 1.29 is 18.7 Å². The van der Waals surface area contributed by atoms with Crippen molar-refractivity contribution in [3.05, 3.63) is 42.2 Å². The van der Waals surface area contributed by atoms with Gasteiger partial charge in [-0.3, -0.25) is 4.79 Å². The van der Waals surface area contributed by atoms with Crippen LogP contribution in [0.4, 0.5) is 0 Å². The number of rotatable bonds is 2. The van der Waals surface area contributed by atoms with Crippen LogP contribution in [0.3, 0.4) is 0 Å². The van der Waals surface area contributed by atoms with Crippen LogP contribution in [-0.4, -0.2) is 47.9 Å². The lowest BCUT2D eigenvalue weighted by atomic mass is 10.0. The maximum absolute atomic E-state index is 12.8. The number of amides is 1. The lowest BCUT2D eigenvalue weighted by Crippen LogP contribution is -2.47. The van der Waals surface area contributed by atoms with Gasteiger partial charge in [-0.25, -0.2) is 4.98 Å². The van der Waals surface area contributed by atoms with E-state index in [0.29, 0.717) is 50.7 Å². The van der Waals surface area contributed by atoms with E-state index in [-0.39, 0.29) is 5.91 Å². The third-order valence-corrected chi connectivity index (χ3v) is 6.00. The first-order valence-corrected chi connectivity index (χ1v) is 9.57. The van der Waals surface area contributed by atoms with Crippen LogP contribution in [0.1, 0.15) is 23.4 Å². The largest absolute Gasteiger partial charge is 0.448 e. The smallest absolute Gasteiger partial charge is 0.289 e. The second-order valence-corrected chi connectivity index (χ2v) is 7.58. The first-order valence-electron chi connectivity index (χ1n) is 8.75. The Labute approximate surface area is 154 Å². The van der Waals surface area contributed by atoms with E-state index < -0.39 is 5.79 Å². The van der Waals surface area contributed by atoms with E-state index in [1.165, 1.54) is 0 Å². The Morgan fingerprint density at radius 2 is 1.85 bits per heavy atom. The highest BCUT2D eigenvalue weighted by Gasteiger charge is 2.41. The Balaban J connectivity index is 1.32. The average Bonchev–Trinajstić information content (AvgIpc) is 3.41. The van der Waals surface area contributed by atoms with Gasteiger partial charge in [0.2, 0.25) is 0 Å². The molecule has 4 heterocycles. The van der Waals surface area contributed by atoms with Gasteiger partial charge in [-0.15, -0.1) is 11.3 Å². The van der Waals surface area contributed by atoms with Gasteiger partial charge in [-0.2, -0.15) is 0 Å². The number of thiazole rings is 1. The molecule has 2 aromatic heterocycles. The van der Waals surface area contributed by atoms with Crippen LogP contribution in [0.25, 0.3) is 21.0 Å². The summed E-state index contributed by atoms with van der Waals surface area (Å²) in [6.07, 6.45) is 1.40. The minimum Gasteiger partial charge on any atom is -0.448 e. The Bertz CT molecular complexity index is 914. The molecule has 2 aliphatic rings. The van der Waals surface area contributed by atoms with Gasteiger partial charge < -0.3 is 18.8 Å². The van der Waals surface area contributed by atoms with Gasteiger partial charge in [0.25, 0.3) is 5.91 Å². The van der Waals surface area contributed by atoms with E-state index >= 15 is 0 Å². The van der Waals surface area contributed by atoms with Crippen molar-refractivity contribution in [2.75, 3.05) is 26.3 Å². The van der Waals surface area contributed by atoms with Crippen LogP contribution < -0.4 is 0 Å². The number of hydrogen-bond donors (Lipinski definition) is 0. The topological polar surface area (TPSA) is 64.8 Å². The molecule has 26 heavy (non-hydrogen) atoms. The Morgan fingerprint density at radius 3 is 2.62 bits per heavy atom. The Morgan fingerprint density at radius 1 is 1.08 bits per heavy atom. The van der Waals surface area contributed by atoms with E-state index in [2.05, 4.69) is 4.98 Å². The SMILES string of the molecule is O=C(c1ccc(-c2nc3ccccc3s2)o1)N1CCC2(CC1)OCCO2. The summed E-state index contributed by atoms with van der Waals surface area (Å²) in [6, 6.07) is 11.5. The van der Waals surface area contributed by atoms with E-state index in [1.54, 1.807) is 22.3 Å². The van der Waals surface area contributed by atoms with Crippen LogP contribution in [-0.2, 0) is 9.47 Å². The zero-order valence-electron chi connectivity index (χ0n) is 14.1. The highest BCUT2D eigenvalue weighted by atomic mass is 32.1. The summed E-state index contributed by atoms with van der Waals surface area (Å²) in [5, 5.41) is 0.788. The number of likely N-dealkylation sites (tertiary alicyclic amines) is 1. The van der Waals surface area contributed by atoms with Crippen LogP contribution in [0.15, 0.2) is 40.8 Å². The van der Waals surface area contributed by atoms with Crippen LogP contribution in [0.5, 0.6) is 0 Å². The maximum atomic E-state index is 12.8.